The van der Waals surface area contributed by atoms with E-state index in [9.17, 15) is 48.3 Å². The van der Waals surface area contributed by atoms with E-state index in [1.807, 2.05) is 0 Å². The molecule has 0 radical (unpaired) electrons. The first-order valence-corrected chi connectivity index (χ1v) is 13.7. The van der Waals surface area contributed by atoms with Crippen molar-refractivity contribution in [1.29, 1.82) is 0 Å². The molecule has 0 unspecified atom stereocenters. The fourth-order valence-corrected chi connectivity index (χ4v) is 5.82. The molecule has 0 fully saturated rings. The van der Waals surface area contributed by atoms with E-state index in [2.05, 4.69) is 4.65 Å². The van der Waals surface area contributed by atoms with Crippen LogP contribution in [-0.2, 0) is 0 Å². The summed E-state index contributed by atoms with van der Waals surface area (Å²) in [6.07, 6.45) is 0. The molecule has 0 heterocycles. The van der Waals surface area contributed by atoms with E-state index in [4.69, 9.17) is 4.65 Å². The van der Waals surface area contributed by atoms with Crippen molar-refractivity contribution in [3.8, 4) is 11.5 Å². The second-order valence-electron chi connectivity index (χ2n) is 10.8. The van der Waals surface area contributed by atoms with Crippen LogP contribution in [0.4, 0.5) is 74.6 Å². The molecule has 0 N–H and O–H groups in total. The number of halogens is 17. The highest BCUT2D eigenvalue weighted by Crippen LogP contribution is 2.45. The predicted molar refractivity (Wildman–Crippen MR) is 146 cm³/mol. The second-order valence-corrected chi connectivity index (χ2v) is 10.8. The van der Waals surface area contributed by atoms with Gasteiger partial charge in [-0.3, -0.25) is 0 Å². The molecule has 0 aliphatic heterocycles. The quantitative estimate of drug-likeness (QED) is 0.0573. The molecule has 0 aliphatic rings. The SMILES string of the molecule is Fc1c(F)c(F)c(OB(Oc2c(F)c(F)c3c(F)c(F)c4c(F)ccc5ccc2c3c54)c2c(F)c(F)c(F)c3c(F)c(F)c(F)c(F)c23)c(F)c1F. The molecule has 0 spiro atoms. The van der Waals surface area contributed by atoms with Gasteiger partial charge in [0.1, 0.15) is 11.6 Å². The molecule has 20 heteroatoms. The Balaban J connectivity index is 1.63. The molecule has 0 saturated carbocycles. The van der Waals surface area contributed by atoms with Gasteiger partial charge in [0.05, 0.1) is 21.6 Å². The molecule has 7 aromatic carbocycles. The van der Waals surface area contributed by atoms with Crippen molar-refractivity contribution in [2.24, 2.45) is 0 Å². The molecular formula is C32H4BF17O2. The first-order valence-electron chi connectivity index (χ1n) is 13.7. The van der Waals surface area contributed by atoms with E-state index in [0.29, 0.717) is 12.1 Å². The van der Waals surface area contributed by atoms with Gasteiger partial charge >= 0.3 is 7.12 Å². The summed E-state index contributed by atoms with van der Waals surface area (Å²) < 4.78 is 262. The third kappa shape index (κ3) is 4.47. The van der Waals surface area contributed by atoms with E-state index in [1.165, 1.54) is 0 Å². The zero-order valence-corrected chi connectivity index (χ0v) is 24.1. The van der Waals surface area contributed by atoms with Crippen LogP contribution in [0, 0.1) is 98.9 Å². The smallest absolute Gasteiger partial charge is 0.519 e. The molecule has 2 nitrogen and oxygen atoms in total. The van der Waals surface area contributed by atoms with Gasteiger partial charge in [-0.2, -0.15) is 13.2 Å². The van der Waals surface area contributed by atoms with Crippen LogP contribution < -0.4 is 14.8 Å². The average molecular weight is 754 g/mol. The summed E-state index contributed by atoms with van der Waals surface area (Å²) in [6, 6.07) is 3.16. The Morgan fingerprint density at radius 3 is 1.29 bits per heavy atom. The van der Waals surface area contributed by atoms with Crippen LogP contribution >= 0.6 is 0 Å². The summed E-state index contributed by atoms with van der Waals surface area (Å²) in [6.45, 7) is 0. The van der Waals surface area contributed by atoms with E-state index in [1.54, 1.807) is 0 Å². The van der Waals surface area contributed by atoms with Gasteiger partial charge in [0.2, 0.25) is 29.1 Å². The molecule has 0 atom stereocenters. The lowest BCUT2D eigenvalue weighted by atomic mass is 9.74. The highest BCUT2D eigenvalue weighted by molar-refractivity contribution is 6.66. The van der Waals surface area contributed by atoms with Crippen molar-refractivity contribution < 1.29 is 83.9 Å². The first-order chi connectivity index (χ1) is 24.4. The Bertz CT molecular complexity index is 2700. The third-order valence-corrected chi connectivity index (χ3v) is 8.11. The van der Waals surface area contributed by atoms with Crippen LogP contribution in [0.25, 0.3) is 43.1 Å². The maximum Gasteiger partial charge on any atom is 0.636 e. The van der Waals surface area contributed by atoms with Crippen molar-refractivity contribution in [3.63, 3.8) is 0 Å². The van der Waals surface area contributed by atoms with Crippen LogP contribution in [0.2, 0.25) is 0 Å². The monoisotopic (exact) mass is 754 g/mol. The van der Waals surface area contributed by atoms with Crippen LogP contribution in [0.15, 0.2) is 24.3 Å². The zero-order valence-electron chi connectivity index (χ0n) is 24.1. The van der Waals surface area contributed by atoms with Gasteiger partial charge in [0, 0.05) is 21.5 Å². The lowest BCUT2D eigenvalue weighted by Gasteiger charge is -2.23. The van der Waals surface area contributed by atoms with Crippen molar-refractivity contribution in [2.75, 3.05) is 0 Å². The number of hydrogen-bond donors (Lipinski definition) is 0. The first kappa shape index (κ1) is 34.7. The molecular weight excluding hydrogens is 750 g/mol. The van der Waals surface area contributed by atoms with Crippen LogP contribution in [0.5, 0.6) is 11.5 Å². The molecule has 0 amide bonds. The molecule has 7 aromatic rings. The average Bonchev–Trinajstić information content (AvgIpc) is 3.12. The zero-order chi connectivity index (χ0) is 38.0. The number of hydrogen-bond acceptors (Lipinski definition) is 2. The van der Waals surface area contributed by atoms with Gasteiger partial charge in [-0.05, 0) is 17.5 Å². The fraction of sp³-hybridized carbons (Fsp3) is 0. The van der Waals surface area contributed by atoms with Gasteiger partial charge in [0.15, 0.2) is 69.7 Å². The molecule has 7 rings (SSSR count). The summed E-state index contributed by atoms with van der Waals surface area (Å²) in [5.74, 6) is -49.4. The van der Waals surface area contributed by atoms with Crippen LogP contribution in [-0.4, -0.2) is 7.12 Å². The van der Waals surface area contributed by atoms with Gasteiger partial charge < -0.3 is 9.31 Å². The van der Waals surface area contributed by atoms with Crippen LogP contribution in [0.1, 0.15) is 0 Å². The normalized spacial score (nSPS) is 11.9. The van der Waals surface area contributed by atoms with E-state index >= 15 is 26.3 Å². The molecule has 0 aliphatic carbocycles. The van der Waals surface area contributed by atoms with E-state index < -0.39 is 161 Å². The Hall–Kier alpha value is -5.69. The minimum absolute atomic E-state index is 0.202. The van der Waals surface area contributed by atoms with Crippen molar-refractivity contribution in [1.82, 2.24) is 0 Å². The van der Waals surface area contributed by atoms with Gasteiger partial charge in [0.25, 0.3) is 0 Å². The van der Waals surface area contributed by atoms with Crippen molar-refractivity contribution in [2.45, 2.75) is 0 Å². The number of fused-ring (bicyclic) bond motifs is 1. The molecule has 0 saturated heterocycles. The summed E-state index contributed by atoms with van der Waals surface area (Å²) in [7, 11) is -3.75. The van der Waals surface area contributed by atoms with E-state index in [0.717, 1.165) is 12.1 Å². The van der Waals surface area contributed by atoms with Crippen molar-refractivity contribution in [3.05, 3.63) is 123 Å². The third-order valence-electron chi connectivity index (χ3n) is 8.11. The summed E-state index contributed by atoms with van der Waals surface area (Å²) in [5, 5.41) is -10.2. The Morgan fingerprint density at radius 1 is 0.308 bits per heavy atom. The number of rotatable bonds is 5. The lowest BCUT2D eigenvalue weighted by molar-refractivity contribution is 0.332. The largest absolute Gasteiger partial charge is 0.636 e. The molecule has 266 valence electrons. The Kier molecular flexibility index (Phi) is 7.80. The summed E-state index contributed by atoms with van der Waals surface area (Å²) in [4.78, 5) is 0. The molecule has 0 aromatic heterocycles. The second kappa shape index (κ2) is 11.7. The van der Waals surface area contributed by atoms with E-state index in [-0.39, 0.29) is 5.39 Å². The molecule has 52 heavy (non-hydrogen) atoms. The van der Waals surface area contributed by atoms with Gasteiger partial charge in [-0.15, -0.1) is 0 Å². The molecule has 0 bridgehead atoms. The minimum atomic E-state index is -3.75. The Morgan fingerprint density at radius 2 is 0.692 bits per heavy atom. The maximum absolute atomic E-state index is 15.8. The standard InChI is InChI=1S/C32H4BF17O2/c34-7-4-2-5-1-3-6-9-8(5)10(7)15(35)17(37)12(9)20(40)28(48)31(6)51-33(52-32-29(49)26(46)25(45)27(47)30(32)50)14-11-13(18(38)22(42)21(14)41)19(39)24(44)23(43)16(11)36/h1-4H. The highest BCUT2D eigenvalue weighted by Gasteiger charge is 2.43. The predicted octanol–water partition coefficient (Wildman–Crippen LogP) is 9.96. The minimum Gasteiger partial charge on any atom is -0.519 e. The topological polar surface area (TPSA) is 18.5 Å². The maximum atomic E-state index is 15.8. The van der Waals surface area contributed by atoms with Gasteiger partial charge in [-0.25, -0.2) is 61.5 Å². The fourth-order valence-electron chi connectivity index (χ4n) is 5.82. The van der Waals surface area contributed by atoms with Gasteiger partial charge in [-0.1, -0.05) is 12.1 Å². The lowest BCUT2D eigenvalue weighted by Crippen LogP contribution is -2.47. The summed E-state index contributed by atoms with van der Waals surface area (Å²) in [5.41, 5.74) is -2.33. The summed E-state index contributed by atoms with van der Waals surface area (Å²) >= 11 is 0. The van der Waals surface area contributed by atoms with Crippen LogP contribution in [0.3, 0.4) is 0 Å². The number of benzene rings is 7. The Labute approximate surface area is 274 Å². The van der Waals surface area contributed by atoms with Crippen molar-refractivity contribution >= 4 is 55.7 Å². The highest BCUT2D eigenvalue weighted by atomic mass is 19.2.